The molecule has 0 saturated carbocycles. The first-order valence-electron chi connectivity index (χ1n) is 11.0. The van der Waals surface area contributed by atoms with Gasteiger partial charge in [0.25, 0.3) is 0 Å². The van der Waals surface area contributed by atoms with E-state index in [2.05, 4.69) is 5.32 Å². The minimum absolute atomic E-state index is 0.0150. The highest BCUT2D eigenvalue weighted by molar-refractivity contribution is 5.89. The molecule has 2 amide bonds. The summed E-state index contributed by atoms with van der Waals surface area (Å²) in [6.07, 6.45) is 3.64. The zero-order chi connectivity index (χ0) is 21.7. The molecule has 4 rings (SSSR count). The normalized spacial score (nSPS) is 19.6. The summed E-state index contributed by atoms with van der Waals surface area (Å²) in [6, 6.07) is 15.4. The Bertz CT molecular complexity index is 912. The van der Waals surface area contributed by atoms with Crippen LogP contribution in [0.4, 0.5) is 4.39 Å². The monoisotopic (exact) mass is 424 g/mol. The van der Waals surface area contributed by atoms with Gasteiger partial charge in [-0.2, -0.15) is 0 Å². The van der Waals surface area contributed by atoms with Crippen LogP contribution in [0.3, 0.4) is 0 Å². The van der Waals surface area contributed by atoms with E-state index in [1.165, 1.54) is 6.07 Å². The Kier molecular flexibility index (Phi) is 6.66. The van der Waals surface area contributed by atoms with E-state index in [0.29, 0.717) is 45.6 Å². The molecule has 2 aliphatic rings. The molecule has 1 unspecified atom stereocenters. The van der Waals surface area contributed by atoms with Crippen molar-refractivity contribution in [2.75, 3.05) is 26.3 Å². The van der Waals surface area contributed by atoms with E-state index in [4.69, 9.17) is 4.74 Å². The Balaban J connectivity index is 1.58. The number of carbonyl (C=O) groups is 2. The summed E-state index contributed by atoms with van der Waals surface area (Å²) in [6.45, 7) is 2.09. The number of amides is 2. The number of carbonyl (C=O) groups excluding carboxylic acids is 2. The molecular formula is C25H29FN2O3. The van der Waals surface area contributed by atoms with Gasteiger partial charge in [-0.25, -0.2) is 4.39 Å². The second-order valence-corrected chi connectivity index (χ2v) is 8.48. The number of nitrogens with zero attached hydrogens (tertiary/aromatic N) is 1. The lowest BCUT2D eigenvalue weighted by Crippen LogP contribution is -2.50. The SMILES string of the molecule is O=C(NCC1(c2cccc(F)c2)CCOCC1)C(c1ccccc1)N1CCCCC1=O. The molecule has 2 heterocycles. The molecule has 2 aromatic carbocycles. The number of hydrogen-bond acceptors (Lipinski definition) is 3. The van der Waals surface area contributed by atoms with E-state index < -0.39 is 6.04 Å². The van der Waals surface area contributed by atoms with Crippen LogP contribution >= 0.6 is 0 Å². The number of rotatable bonds is 6. The Labute approximate surface area is 182 Å². The highest BCUT2D eigenvalue weighted by Crippen LogP contribution is 2.35. The van der Waals surface area contributed by atoms with Gasteiger partial charge in [-0.15, -0.1) is 0 Å². The van der Waals surface area contributed by atoms with E-state index in [9.17, 15) is 14.0 Å². The van der Waals surface area contributed by atoms with E-state index >= 15 is 0 Å². The van der Waals surface area contributed by atoms with Crippen LogP contribution in [-0.4, -0.2) is 43.0 Å². The Morgan fingerprint density at radius 2 is 1.87 bits per heavy atom. The average molecular weight is 425 g/mol. The lowest BCUT2D eigenvalue weighted by molar-refractivity contribution is -0.143. The molecule has 0 bridgehead atoms. The van der Waals surface area contributed by atoms with Crippen LogP contribution in [0.25, 0.3) is 0 Å². The number of likely N-dealkylation sites (tertiary alicyclic amines) is 1. The van der Waals surface area contributed by atoms with Crippen molar-refractivity contribution in [3.8, 4) is 0 Å². The van der Waals surface area contributed by atoms with Crippen LogP contribution in [-0.2, 0) is 19.7 Å². The lowest BCUT2D eigenvalue weighted by atomic mass is 9.74. The molecule has 0 spiro atoms. The van der Waals surface area contributed by atoms with Crippen LogP contribution in [0.1, 0.15) is 49.3 Å². The smallest absolute Gasteiger partial charge is 0.247 e. The molecular weight excluding hydrogens is 395 g/mol. The largest absolute Gasteiger partial charge is 0.381 e. The maximum absolute atomic E-state index is 14.0. The van der Waals surface area contributed by atoms with E-state index in [1.807, 2.05) is 36.4 Å². The van der Waals surface area contributed by atoms with Gasteiger partial charge in [-0.05, 0) is 48.9 Å². The van der Waals surface area contributed by atoms with Gasteiger partial charge in [0.1, 0.15) is 11.9 Å². The summed E-state index contributed by atoms with van der Waals surface area (Å²) in [5.74, 6) is -0.458. The van der Waals surface area contributed by atoms with Crippen LogP contribution in [0.5, 0.6) is 0 Å². The lowest BCUT2D eigenvalue weighted by Gasteiger charge is -2.39. The molecule has 2 fully saturated rings. The van der Waals surface area contributed by atoms with E-state index in [1.54, 1.807) is 17.0 Å². The minimum Gasteiger partial charge on any atom is -0.381 e. The second kappa shape index (κ2) is 9.60. The number of benzene rings is 2. The van der Waals surface area contributed by atoms with Crippen LogP contribution in [0.15, 0.2) is 54.6 Å². The van der Waals surface area contributed by atoms with Gasteiger partial charge >= 0.3 is 0 Å². The van der Waals surface area contributed by atoms with Gasteiger partial charge in [0, 0.05) is 38.1 Å². The van der Waals surface area contributed by atoms with Crippen molar-refractivity contribution in [2.45, 2.75) is 43.6 Å². The molecule has 2 saturated heterocycles. The molecule has 0 aliphatic carbocycles. The fourth-order valence-electron chi connectivity index (χ4n) is 4.71. The number of hydrogen-bond donors (Lipinski definition) is 1. The molecule has 2 aromatic rings. The highest BCUT2D eigenvalue weighted by Gasteiger charge is 2.38. The van der Waals surface area contributed by atoms with Gasteiger partial charge in [0.2, 0.25) is 11.8 Å². The molecule has 31 heavy (non-hydrogen) atoms. The molecule has 1 atom stereocenters. The second-order valence-electron chi connectivity index (χ2n) is 8.48. The van der Waals surface area contributed by atoms with Crippen LogP contribution in [0, 0.1) is 5.82 Å². The molecule has 5 nitrogen and oxygen atoms in total. The van der Waals surface area contributed by atoms with Crippen LogP contribution < -0.4 is 5.32 Å². The topological polar surface area (TPSA) is 58.6 Å². The van der Waals surface area contributed by atoms with Crippen molar-refractivity contribution in [3.05, 3.63) is 71.5 Å². The Hall–Kier alpha value is -2.73. The summed E-state index contributed by atoms with van der Waals surface area (Å²) in [4.78, 5) is 27.8. The maximum Gasteiger partial charge on any atom is 0.247 e. The van der Waals surface area contributed by atoms with Crippen molar-refractivity contribution in [3.63, 3.8) is 0 Å². The summed E-state index contributed by atoms with van der Waals surface area (Å²) < 4.78 is 19.5. The van der Waals surface area contributed by atoms with Gasteiger partial charge < -0.3 is 15.0 Å². The standard InChI is InChI=1S/C25H29FN2O3/c26-21-10-6-9-20(17-21)25(12-15-31-16-13-25)18-27-24(30)23(19-7-2-1-3-8-19)28-14-5-4-11-22(28)29/h1-3,6-10,17,23H,4-5,11-16,18H2,(H,27,30). The fraction of sp³-hybridized carbons (Fsp3) is 0.440. The van der Waals surface area contributed by atoms with Gasteiger partial charge in [0.05, 0.1) is 0 Å². The molecule has 6 heteroatoms. The molecule has 2 aliphatic heterocycles. The molecule has 164 valence electrons. The highest BCUT2D eigenvalue weighted by atomic mass is 19.1. The number of nitrogens with one attached hydrogen (secondary N) is 1. The van der Waals surface area contributed by atoms with Crippen molar-refractivity contribution in [1.29, 1.82) is 0 Å². The zero-order valence-corrected chi connectivity index (χ0v) is 17.7. The summed E-state index contributed by atoms with van der Waals surface area (Å²) >= 11 is 0. The predicted octanol–water partition coefficient (Wildman–Crippen LogP) is 3.74. The van der Waals surface area contributed by atoms with Crippen molar-refractivity contribution < 1.29 is 18.7 Å². The molecule has 0 radical (unpaired) electrons. The van der Waals surface area contributed by atoms with Gasteiger partial charge in [0.15, 0.2) is 0 Å². The first-order valence-corrected chi connectivity index (χ1v) is 11.0. The third-order valence-electron chi connectivity index (χ3n) is 6.52. The molecule has 0 aromatic heterocycles. The van der Waals surface area contributed by atoms with Crippen molar-refractivity contribution >= 4 is 11.8 Å². The number of ether oxygens (including phenoxy) is 1. The molecule has 1 N–H and O–H groups in total. The maximum atomic E-state index is 14.0. The third-order valence-corrected chi connectivity index (χ3v) is 6.52. The van der Waals surface area contributed by atoms with Gasteiger partial charge in [-0.1, -0.05) is 42.5 Å². The number of piperidine rings is 1. The summed E-state index contributed by atoms with van der Waals surface area (Å²) in [7, 11) is 0. The van der Waals surface area contributed by atoms with Crippen LogP contribution in [0.2, 0.25) is 0 Å². The van der Waals surface area contributed by atoms with Crippen molar-refractivity contribution in [1.82, 2.24) is 10.2 Å². The average Bonchev–Trinajstić information content (AvgIpc) is 2.80. The Morgan fingerprint density at radius 3 is 2.58 bits per heavy atom. The predicted molar refractivity (Wildman–Crippen MR) is 116 cm³/mol. The minimum atomic E-state index is -0.654. The zero-order valence-electron chi connectivity index (χ0n) is 17.7. The first-order chi connectivity index (χ1) is 15.1. The summed E-state index contributed by atoms with van der Waals surface area (Å²) in [5.41, 5.74) is 1.30. The van der Waals surface area contributed by atoms with Crippen molar-refractivity contribution in [2.24, 2.45) is 0 Å². The third kappa shape index (κ3) is 4.79. The first kappa shape index (κ1) is 21.5. The number of halogens is 1. The fourth-order valence-corrected chi connectivity index (χ4v) is 4.71. The summed E-state index contributed by atoms with van der Waals surface area (Å²) in [5, 5.41) is 3.12. The van der Waals surface area contributed by atoms with E-state index in [-0.39, 0.29) is 23.0 Å². The van der Waals surface area contributed by atoms with Gasteiger partial charge in [-0.3, -0.25) is 9.59 Å². The quantitative estimate of drug-likeness (QED) is 0.769. The Morgan fingerprint density at radius 1 is 1.10 bits per heavy atom. The van der Waals surface area contributed by atoms with E-state index in [0.717, 1.165) is 24.0 Å².